The molecule has 2 heterocycles. The van der Waals surface area contributed by atoms with Crippen LogP contribution in [0, 0.1) is 23.2 Å². The molecule has 13 heteroatoms. The first-order valence-corrected chi connectivity index (χ1v) is 17.7. The summed E-state index contributed by atoms with van der Waals surface area (Å²) in [4.78, 5) is 90.9. The first-order valence-electron chi connectivity index (χ1n) is 17.7. The minimum Gasteiger partial charge on any atom is -0.347 e. The van der Waals surface area contributed by atoms with Crippen molar-refractivity contribution in [1.82, 2.24) is 36.1 Å². The van der Waals surface area contributed by atoms with Crippen LogP contribution >= 0.6 is 0 Å². The molecule has 0 bridgehead atoms. The third-order valence-electron chi connectivity index (χ3n) is 10.5. The minimum absolute atomic E-state index is 0.0134. The van der Waals surface area contributed by atoms with Crippen molar-refractivity contribution in [2.24, 2.45) is 23.2 Å². The number of nitrogens with zero attached hydrogens (tertiary/aromatic N) is 3. The molecule has 0 radical (unpaired) electrons. The molecule has 0 spiro atoms. The van der Waals surface area contributed by atoms with Gasteiger partial charge in [0.05, 0.1) is 12.2 Å². The van der Waals surface area contributed by atoms with Crippen molar-refractivity contribution in [2.75, 3.05) is 6.54 Å². The molecule has 5 rings (SSSR count). The largest absolute Gasteiger partial charge is 0.347 e. The van der Waals surface area contributed by atoms with E-state index in [-0.39, 0.29) is 41.8 Å². The van der Waals surface area contributed by atoms with Gasteiger partial charge in [-0.2, -0.15) is 0 Å². The fourth-order valence-corrected chi connectivity index (χ4v) is 7.66. The van der Waals surface area contributed by atoms with Crippen LogP contribution in [0.3, 0.4) is 0 Å². The molecule has 3 aliphatic carbocycles. The molecule has 0 aromatic carbocycles. The summed E-state index contributed by atoms with van der Waals surface area (Å²) in [7, 11) is 0. The number of aromatic nitrogens is 2. The Morgan fingerprint density at radius 1 is 0.896 bits per heavy atom. The molecule has 4 aliphatic rings. The summed E-state index contributed by atoms with van der Waals surface area (Å²) in [6.07, 6.45) is 13.2. The number of amides is 5. The van der Waals surface area contributed by atoms with E-state index in [1.54, 1.807) is 11.8 Å². The molecule has 1 aliphatic heterocycles. The van der Waals surface area contributed by atoms with Gasteiger partial charge >= 0.3 is 0 Å². The van der Waals surface area contributed by atoms with Gasteiger partial charge in [-0.05, 0) is 68.1 Å². The molecule has 13 nitrogen and oxygen atoms in total. The SMILES string of the molecule is CCC(NC(=O)C1C2CCCC2CN1C(=O)C(NC(=O)C(NC(=O)c1cnccn1)C1CCCCC1)C(C)(C)C)C(=O)C(=O)NC1CC1. The number of hydrogen-bond donors (Lipinski definition) is 4. The van der Waals surface area contributed by atoms with Crippen molar-refractivity contribution in [3.05, 3.63) is 24.3 Å². The van der Waals surface area contributed by atoms with E-state index in [0.29, 0.717) is 6.54 Å². The minimum atomic E-state index is -0.999. The molecule has 1 saturated heterocycles. The molecule has 1 aromatic rings. The number of Topliss-reactive ketones (excluding diaryl/α,β-unsaturated/α-hetero) is 1. The zero-order chi connectivity index (χ0) is 34.6. The first kappa shape index (κ1) is 35.4. The number of hydrogen-bond acceptors (Lipinski definition) is 8. The van der Waals surface area contributed by atoms with Crippen LogP contribution in [-0.2, 0) is 24.0 Å². The van der Waals surface area contributed by atoms with Crippen LogP contribution in [0.4, 0.5) is 0 Å². The molecule has 262 valence electrons. The lowest BCUT2D eigenvalue weighted by molar-refractivity contribution is -0.146. The highest BCUT2D eigenvalue weighted by Crippen LogP contribution is 2.43. The number of rotatable bonds is 12. The van der Waals surface area contributed by atoms with Crippen molar-refractivity contribution >= 4 is 35.3 Å². The lowest BCUT2D eigenvalue weighted by atomic mass is 9.82. The zero-order valence-corrected chi connectivity index (χ0v) is 28.6. The molecule has 6 unspecified atom stereocenters. The number of carbonyl (C=O) groups excluding carboxylic acids is 6. The Balaban J connectivity index is 1.35. The molecule has 6 atom stereocenters. The van der Waals surface area contributed by atoms with Gasteiger partial charge in [-0.3, -0.25) is 33.8 Å². The molecular weight excluding hydrogens is 614 g/mol. The number of nitrogens with one attached hydrogen (secondary N) is 4. The molecule has 1 aromatic heterocycles. The summed E-state index contributed by atoms with van der Waals surface area (Å²) in [6.45, 7) is 7.69. The van der Waals surface area contributed by atoms with Crippen LogP contribution < -0.4 is 21.3 Å². The van der Waals surface area contributed by atoms with Crippen molar-refractivity contribution in [1.29, 1.82) is 0 Å². The van der Waals surface area contributed by atoms with Crippen LogP contribution in [0.15, 0.2) is 18.6 Å². The van der Waals surface area contributed by atoms with Crippen molar-refractivity contribution in [3.8, 4) is 0 Å². The van der Waals surface area contributed by atoms with Crippen molar-refractivity contribution < 1.29 is 28.8 Å². The molecule has 3 saturated carbocycles. The Hall–Kier alpha value is -3.90. The van der Waals surface area contributed by atoms with Crippen LogP contribution in [0.1, 0.15) is 109 Å². The Bertz CT molecular complexity index is 1370. The van der Waals surface area contributed by atoms with E-state index < -0.39 is 59.0 Å². The molecule has 4 fully saturated rings. The maximum atomic E-state index is 14.5. The van der Waals surface area contributed by atoms with E-state index in [2.05, 4.69) is 31.2 Å². The van der Waals surface area contributed by atoms with E-state index in [1.165, 1.54) is 18.6 Å². The number of ketones is 1. The topological polar surface area (TPSA) is 180 Å². The van der Waals surface area contributed by atoms with Crippen LogP contribution in [0.25, 0.3) is 0 Å². The van der Waals surface area contributed by atoms with Crippen LogP contribution in [-0.4, -0.2) is 86.9 Å². The zero-order valence-electron chi connectivity index (χ0n) is 28.6. The van der Waals surface area contributed by atoms with E-state index in [9.17, 15) is 28.8 Å². The van der Waals surface area contributed by atoms with Crippen molar-refractivity contribution in [3.63, 3.8) is 0 Å². The second-order valence-electron chi connectivity index (χ2n) is 15.1. The van der Waals surface area contributed by atoms with Gasteiger partial charge in [0.2, 0.25) is 23.5 Å². The van der Waals surface area contributed by atoms with Gasteiger partial charge in [0.1, 0.15) is 23.8 Å². The number of likely N-dealkylation sites (tertiary alicyclic amines) is 1. The smallest absolute Gasteiger partial charge is 0.289 e. The highest BCUT2D eigenvalue weighted by Gasteiger charge is 2.52. The van der Waals surface area contributed by atoms with E-state index in [1.807, 2.05) is 20.8 Å². The van der Waals surface area contributed by atoms with E-state index in [4.69, 9.17) is 0 Å². The maximum Gasteiger partial charge on any atom is 0.289 e. The number of carbonyl (C=O) groups is 6. The van der Waals surface area contributed by atoms with Gasteiger partial charge in [0.25, 0.3) is 11.8 Å². The van der Waals surface area contributed by atoms with Gasteiger partial charge in [-0.1, -0.05) is 53.4 Å². The number of fused-ring (bicyclic) bond motifs is 1. The summed E-state index contributed by atoms with van der Waals surface area (Å²) in [5.74, 6) is -3.25. The Morgan fingerprint density at radius 2 is 1.62 bits per heavy atom. The van der Waals surface area contributed by atoms with Crippen LogP contribution in [0.2, 0.25) is 0 Å². The quantitative estimate of drug-likeness (QED) is 0.245. The predicted molar refractivity (Wildman–Crippen MR) is 176 cm³/mol. The average molecular weight is 666 g/mol. The second kappa shape index (κ2) is 15.1. The van der Waals surface area contributed by atoms with E-state index in [0.717, 1.165) is 64.2 Å². The van der Waals surface area contributed by atoms with Crippen LogP contribution in [0.5, 0.6) is 0 Å². The lowest BCUT2D eigenvalue weighted by Crippen LogP contribution is -2.62. The summed E-state index contributed by atoms with van der Waals surface area (Å²) in [5.41, 5.74) is -0.638. The third kappa shape index (κ3) is 8.20. The van der Waals surface area contributed by atoms with Crippen molar-refractivity contribution in [2.45, 2.75) is 129 Å². The Labute approximate surface area is 282 Å². The Morgan fingerprint density at radius 3 is 2.25 bits per heavy atom. The van der Waals surface area contributed by atoms with Gasteiger partial charge in [-0.15, -0.1) is 0 Å². The fourth-order valence-electron chi connectivity index (χ4n) is 7.66. The predicted octanol–water partition coefficient (Wildman–Crippen LogP) is 2.06. The van der Waals surface area contributed by atoms with Gasteiger partial charge in [0.15, 0.2) is 0 Å². The fraction of sp³-hybridized carbons (Fsp3) is 0.714. The summed E-state index contributed by atoms with van der Waals surface area (Å²) < 4.78 is 0. The summed E-state index contributed by atoms with van der Waals surface area (Å²) in [6, 6.07) is -3.69. The normalized spacial score (nSPS) is 24.5. The lowest BCUT2D eigenvalue weighted by Gasteiger charge is -2.38. The standard InChI is InChI=1S/C35H51N7O6/c1-5-24(28(43)33(47)38-22-14-15-22)39-32(46)27-23-13-9-12-21(23)19-42(27)34(48)29(35(2,3)4)41-31(45)26(20-10-7-6-8-11-20)40-30(44)25-18-36-16-17-37-25/h16-18,20-24,26-27,29H,5-15,19H2,1-4H3,(H,38,47)(H,39,46)(H,40,44)(H,41,45). The highest BCUT2D eigenvalue weighted by molar-refractivity contribution is 6.38. The Kier molecular flexibility index (Phi) is 11.1. The molecule has 48 heavy (non-hydrogen) atoms. The summed E-state index contributed by atoms with van der Waals surface area (Å²) in [5, 5.41) is 11.4. The maximum absolute atomic E-state index is 14.5. The highest BCUT2D eigenvalue weighted by atomic mass is 16.2. The molecular formula is C35H51N7O6. The van der Waals surface area contributed by atoms with E-state index >= 15 is 0 Å². The van der Waals surface area contributed by atoms with Gasteiger partial charge < -0.3 is 26.2 Å². The second-order valence-corrected chi connectivity index (χ2v) is 15.1. The molecule has 5 amide bonds. The average Bonchev–Trinajstić information content (AvgIpc) is 3.64. The third-order valence-corrected chi connectivity index (χ3v) is 10.5. The molecule has 4 N–H and O–H groups in total. The monoisotopic (exact) mass is 665 g/mol. The van der Waals surface area contributed by atoms with Gasteiger partial charge in [0, 0.05) is 25.0 Å². The van der Waals surface area contributed by atoms with Gasteiger partial charge in [-0.25, -0.2) is 4.98 Å². The summed E-state index contributed by atoms with van der Waals surface area (Å²) >= 11 is 0. The first-order chi connectivity index (χ1) is 22.9.